The van der Waals surface area contributed by atoms with Crippen molar-refractivity contribution in [2.45, 2.75) is 46.3 Å². The van der Waals surface area contributed by atoms with Crippen molar-refractivity contribution in [3.8, 4) is 0 Å². The number of alkyl halides is 2. The van der Waals surface area contributed by atoms with E-state index in [0.29, 0.717) is 6.54 Å². The van der Waals surface area contributed by atoms with Crippen molar-refractivity contribution in [3.63, 3.8) is 0 Å². The van der Waals surface area contributed by atoms with Gasteiger partial charge in [-0.25, -0.2) is 8.78 Å². The Kier molecular flexibility index (Phi) is 4.70. The summed E-state index contributed by atoms with van der Waals surface area (Å²) in [5.74, 6) is 0.777. The van der Waals surface area contributed by atoms with Crippen molar-refractivity contribution in [2.75, 3.05) is 5.32 Å². The van der Waals surface area contributed by atoms with Gasteiger partial charge in [0, 0.05) is 36.6 Å². The van der Waals surface area contributed by atoms with Crippen molar-refractivity contribution < 1.29 is 8.78 Å². The molecule has 110 valence electrons. The molecular formula is C13H19F2N5. The van der Waals surface area contributed by atoms with E-state index in [0.717, 1.165) is 30.0 Å². The molecule has 0 radical (unpaired) electrons. The molecule has 7 heteroatoms. The maximum atomic E-state index is 12.3. The van der Waals surface area contributed by atoms with E-state index in [9.17, 15) is 8.78 Å². The molecule has 2 rings (SSSR count). The number of rotatable bonds is 7. The van der Waals surface area contributed by atoms with Gasteiger partial charge in [-0.2, -0.15) is 10.2 Å². The second kappa shape index (κ2) is 6.49. The number of hydrogen-bond donors (Lipinski definition) is 1. The molecule has 0 aliphatic rings. The summed E-state index contributed by atoms with van der Waals surface area (Å²) in [6, 6.07) is 1.90. The smallest absolute Gasteiger partial charge is 0.257 e. The van der Waals surface area contributed by atoms with Gasteiger partial charge in [-0.3, -0.25) is 9.36 Å². The third-order valence-corrected chi connectivity index (χ3v) is 3.07. The van der Waals surface area contributed by atoms with Crippen LogP contribution in [0.5, 0.6) is 0 Å². The summed E-state index contributed by atoms with van der Waals surface area (Å²) in [7, 11) is 0. The molecule has 0 aliphatic carbocycles. The summed E-state index contributed by atoms with van der Waals surface area (Å²) in [4.78, 5) is 0. The fraction of sp³-hybridized carbons (Fsp3) is 0.538. The lowest BCUT2D eigenvalue weighted by molar-refractivity contribution is 0.121. The molecule has 5 nitrogen and oxygen atoms in total. The number of aromatic nitrogens is 4. The minimum atomic E-state index is -2.39. The van der Waals surface area contributed by atoms with Crippen molar-refractivity contribution >= 4 is 5.82 Å². The summed E-state index contributed by atoms with van der Waals surface area (Å²) >= 11 is 0. The van der Waals surface area contributed by atoms with E-state index in [-0.39, 0.29) is 6.54 Å². The number of hydrogen-bond acceptors (Lipinski definition) is 3. The first-order chi connectivity index (χ1) is 9.60. The Labute approximate surface area is 116 Å². The molecule has 0 aliphatic heterocycles. The van der Waals surface area contributed by atoms with Gasteiger partial charge in [-0.15, -0.1) is 0 Å². The SMILES string of the molecule is CCCn1ccc(NCc2cnn(CC(F)F)c2C)n1. The van der Waals surface area contributed by atoms with Crippen LogP contribution in [0.1, 0.15) is 24.6 Å². The molecule has 1 N–H and O–H groups in total. The lowest BCUT2D eigenvalue weighted by Crippen LogP contribution is -2.10. The van der Waals surface area contributed by atoms with E-state index >= 15 is 0 Å². The molecule has 0 saturated carbocycles. The van der Waals surface area contributed by atoms with Crippen LogP contribution in [-0.4, -0.2) is 26.0 Å². The molecular weight excluding hydrogens is 264 g/mol. The number of anilines is 1. The minimum absolute atomic E-state index is 0.364. The predicted octanol–water partition coefficient (Wildman–Crippen LogP) is 2.68. The Morgan fingerprint density at radius 1 is 1.40 bits per heavy atom. The second-order valence-electron chi connectivity index (χ2n) is 4.65. The van der Waals surface area contributed by atoms with Crippen LogP contribution in [-0.2, 0) is 19.6 Å². The molecule has 0 unspecified atom stereocenters. The fourth-order valence-corrected chi connectivity index (χ4v) is 1.97. The van der Waals surface area contributed by atoms with E-state index in [1.165, 1.54) is 4.68 Å². The van der Waals surface area contributed by atoms with Crippen LogP contribution in [0.15, 0.2) is 18.5 Å². The fourth-order valence-electron chi connectivity index (χ4n) is 1.97. The standard InChI is InChI=1S/C13H19F2N5/c1-3-5-19-6-4-13(18-19)16-7-11-8-17-20(10(11)2)9-12(14)15/h4,6,8,12H,3,5,7,9H2,1-2H3,(H,16,18). The first-order valence-corrected chi connectivity index (χ1v) is 6.67. The van der Waals surface area contributed by atoms with Crippen molar-refractivity contribution in [2.24, 2.45) is 0 Å². The Morgan fingerprint density at radius 3 is 2.90 bits per heavy atom. The van der Waals surface area contributed by atoms with Gasteiger partial charge >= 0.3 is 0 Å². The van der Waals surface area contributed by atoms with Crippen LogP contribution in [0, 0.1) is 6.92 Å². The summed E-state index contributed by atoms with van der Waals surface area (Å²) < 4.78 is 27.9. The van der Waals surface area contributed by atoms with Gasteiger partial charge in [0.2, 0.25) is 0 Å². The molecule has 0 spiro atoms. The minimum Gasteiger partial charge on any atom is -0.364 e. The predicted molar refractivity (Wildman–Crippen MR) is 72.8 cm³/mol. The van der Waals surface area contributed by atoms with E-state index in [1.807, 2.05) is 16.9 Å². The molecule has 0 atom stereocenters. The highest BCUT2D eigenvalue weighted by Gasteiger charge is 2.11. The van der Waals surface area contributed by atoms with Gasteiger partial charge in [-0.05, 0) is 13.3 Å². The highest BCUT2D eigenvalue weighted by molar-refractivity contribution is 5.34. The van der Waals surface area contributed by atoms with Crippen LogP contribution >= 0.6 is 0 Å². The summed E-state index contributed by atoms with van der Waals surface area (Å²) in [5, 5.41) is 11.5. The molecule has 0 aromatic carbocycles. The van der Waals surface area contributed by atoms with Crippen LogP contribution in [0.4, 0.5) is 14.6 Å². The summed E-state index contributed by atoms with van der Waals surface area (Å²) in [6.07, 6.45) is 2.17. The van der Waals surface area contributed by atoms with Crippen LogP contribution < -0.4 is 5.32 Å². The highest BCUT2D eigenvalue weighted by Crippen LogP contribution is 2.12. The summed E-state index contributed by atoms with van der Waals surface area (Å²) in [6.45, 7) is 4.93. The lowest BCUT2D eigenvalue weighted by atomic mass is 10.2. The first kappa shape index (κ1) is 14.5. The van der Waals surface area contributed by atoms with E-state index in [2.05, 4.69) is 22.4 Å². The Morgan fingerprint density at radius 2 is 2.20 bits per heavy atom. The van der Waals surface area contributed by atoms with Gasteiger partial charge in [0.1, 0.15) is 12.4 Å². The van der Waals surface area contributed by atoms with Gasteiger partial charge < -0.3 is 5.32 Å². The average Bonchev–Trinajstić information content (AvgIpc) is 2.96. The topological polar surface area (TPSA) is 47.7 Å². The maximum Gasteiger partial charge on any atom is 0.257 e. The van der Waals surface area contributed by atoms with Gasteiger partial charge in [0.15, 0.2) is 0 Å². The molecule has 0 amide bonds. The quantitative estimate of drug-likeness (QED) is 0.850. The van der Waals surface area contributed by atoms with Crippen LogP contribution in [0.25, 0.3) is 0 Å². The highest BCUT2D eigenvalue weighted by atomic mass is 19.3. The molecule has 2 heterocycles. The molecule has 0 saturated heterocycles. The Bertz CT molecular complexity index is 547. The third kappa shape index (κ3) is 3.55. The van der Waals surface area contributed by atoms with Crippen molar-refractivity contribution in [3.05, 3.63) is 29.7 Å². The second-order valence-corrected chi connectivity index (χ2v) is 4.65. The van der Waals surface area contributed by atoms with Crippen LogP contribution in [0.2, 0.25) is 0 Å². The zero-order chi connectivity index (χ0) is 14.5. The normalized spacial score (nSPS) is 11.2. The Hall–Kier alpha value is -1.92. The van der Waals surface area contributed by atoms with E-state index in [1.54, 1.807) is 13.1 Å². The van der Waals surface area contributed by atoms with Gasteiger partial charge in [-0.1, -0.05) is 6.92 Å². The molecule has 2 aromatic heterocycles. The number of nitrogens with zero attached hydrogens (tertiary/aromatic N) is 4. The van der Waals surface area contributed by atoms with Crippen molar-refractivity contribution in [1.29, 1.82) is 0 Å². The molecule has 0 fully saturated rings. The maximum absolute atomic E-state index is 12.3. The largest absolute Gasteiger partial charge is 0.364 e. The van der Waals surface area contributed by atoms with Gasteiger partial charge in [0.25, 0.3) is 6.43 Å². The molecule has 0 bridgehead atoms. The Balaban J connectivity index is 1.94. The number of nitrogens with one attached hydrogen (secondary N) is 1. The monoisotopic (exact) mass is 283 g/mol. The molecule has 2 aromatic rings. The van der Waals surface area contributed by atoms with Crippen molar-refractivity contribution in [1.82, 2.24) is 19.6 Å². The zero-order valence-corrected chi connectivity index (χ0v) is 11.7. The lowest BCUT2D eigenvalue weighted by Gasteiger charge is -2.05. The van der Waals surface area contributed by atoms with Crippen LogP contribution in [0.3, 0.4) is 0 Å². The third-order valence-electron chi connectivity index (χ3n) is 3.07. The first-order valence-electron chi connectivity index (χ1n) is 6.67. The number of halogens is 2. The molecule has 20 heavy (non-hydrogen) atoms. The van der Waals surface area contributed by atoms with E-state index in [4.69, 9.17) is 0 Å². The van der Waals surface area contributed by atoms with E-state index < -0.39 is 6.43 Å². The summed E-state index contributed by atoms with van der Waals surface area (Å²) in [5.41, 5.74) is 1.65. The average molecular weight is 283 g/mol. The zero-order valence-electron chi connectivity index (χ0n) is 11.7. The van der Waals surface area contributed by atoms with Gasteiger partial charge in [0.05, 0.1) is 6.20 Å². The number of aryl methyl sites for hydroxylation is 1.